The Morgan fingerprint density at radius 3 is 2.74 bits per heavy atom. The summed E-state index contributed by atoms with van der Waals surface area (Å²) in [5.74, 6) is 0.526. The fraction of sp³-hybridized carbons (Fsp3) is 0.714. The summed E-state index contributed by atoms with van der Waals surface area (Å²) < 4.78 is 8.20. The standard InChI is InChI=1S/C21H34N4O2/c1-13(2)9-18-17(12-26)23-14(7-8-27-18)16-11-22-15-10-19(21(3,4)5)25(6)20(15)24-16/h10-11,13-14,17-18,23,26H,7-9,12H2,1-6H3/t14-,17-,18-/m0/s1. The van der Waals surface area contributed by atoms with Gasteiger partial charge in [0, 0.05) is 24.8 Å². The van der Waals surface area contributed by atoms with Gasteiger partial charge in [-0.3, -0.25) is 4.98 Å². The molecular weight excluding hydrogens is 340 g/mol. The highest BCUT2D eigenvalue weighted by atomic mass is 16.5. The molecule has 0 spiro atoms. The van der Waals surface area contributed by atoms with Crippen molar-refractivity contribution in [3.63, 3.8) is 0 Å². The average Bonchev–Trinajstić information content (AvgIpc) is 2.80. The summed E-state index contributed by atoms with van der Waals surface area (Å²) in [6, 6.07) is 2.07. The normalized spacial score (nSPS) is 24.5. The van der Waals surface area contributed by atoms with Gasteiger partial charge in [-0.1, -0.05) is 34.6 Å². The second-order valence-electron chi connectivity index (χ2n) is 9.18. The molecule has 27 heavy (non-hydrogen) atoms. The number of nitrogens with zero attached hydrogens (tertiary/aromatic N) is 3. The molecule has 2 N–H and O–H groups in total. The van der Waals surface area contributed by atoms with Crippen LogP contribution in [0.4, 0.5) is 0 Å². The van der Waals surface area contributed by atoms with Crippen molar-refractivity contribution in [2.45, 2.75) is 71.1 Å². The minimum absolute atomic E-state index is 0.0271. The predicted octanol–water partition coefficient (Wildman–Crippen LogP) is 3.09. The number of aliphatic hydroxyl groups is 1. The smallest absolute Gasteiger partial charge is 0.158 e. The van der Waals surface area contributed by atoms with Crippen LogP contribution in [0.5, 0.6) is 0 Å². The molecule has 3 rings (SSSR count). The zero-order valence-electron chi connectivity index (χ0n) is 17.5. The number of ether oxygens (including phenoxy) is 1. The van der Waals surface area contributed by atoms with Crippen molar-refractivity contribution in [3.8, 4) is 0 Å². The van der Waals surface area contributed by atoms with Crippen molar-refractivity contribution in [1.82, 2.24) is 19.9 Å². The van der Waals surface area contributed by atoms with Gasteiger partial charge in [0.2, 0.25) is 0 Å². The Morgan fingerprint density at radius 2 is 2.11 bits per heavy atom. The SMILES string of the molecule is CC(C)C[C@@H]1OCC[C@@H](c2cnc3cc(C(C)(C)C)n(C)c3n2)N[C@H]1CO. The van der Waals surface area contributed by atoms with Crippen molar-refractivity contribution >= 4 is 11.2 Å². The van der Waals surface area contributed by atoms with Crippen LogP contribution < -0.4 is 5.32 Å². The Bertz CT molecular complexity index is 778. The molecule has 1 saturated heterocycles. The van der Waals surface area contributed by atoms with E-state index in [0.29, 0.717) is 12.5 Å². The van der Waals surface area contributed by atoms with E-state index in [4.69, 9.17) is 9.72 Å². The topological polar surface area (TPSA) is 72.2 Å². The number of aromatic nitrogens is 3. The highest BCUT2D eigenvalue weighted by molar-refractivity contribution is 5.73. The van der Waals surface area contributed by atoms with Crippen LogP contribution in [0.1, 0.15) is 64.9 Å². The van der Waals surface area contributed by atoms with Gasteiger partial charge in [0.15, 0.2) is 5.65 Å². The summed E-state index contributed by atoms with van der Waals surface area (Å²) in [6.45, 7) is 11.7. The van der Waals surface area contributed by atoms with Gasteiger partial charge in [-0.15, -0.1) is 0 Å². The van der Waals surface area contributed by atoms with Gasteiger partial charge in [0.05, 0.1) is 36.7 Å². The van der Waals surface area contributed by atoms with Gasteiger partial charge in [0.1, 0.15) is 5.52 Å². The van der Waals surface area contributed by atoms with Crippen LogP contribution in [0.2, 0.25) is 0 Å². The summed E-state index contributed by atoms with van der Waals surface area (Å²) >= 11 is 0. The van der Waals surface area contributed by atoms with E-state index in [1.54, 1.807) is 0 Å². The van der Waals surface area contributed by atoms with E-state index in [9.17, 15) is 5.11 Å². The molecule has 0 bridgehead atoms. The third kappa shape index (κ3) is 4.33. The second-order valence-corrected chi connectivity index (χ2v) is 9.18. The van der Waals surface area contributed by atoms with Crippen LogP contribution in [-0.4, -0.2) is 45.0 Å². The molecule has 0 aliphatic carbocycles. The van der Waals surface area contributed by atoms with E-state index in [-0.39, 0.29) is 30.2 Å². The van der Waals surface area contributed by atoms with Crippen molar-refractivity contribution < 1.29 is 9.84 Å². The van der Waals surface area contributed by atoms with Gasteiger partial charge < -0.3 is 19.7 Å². The fourth-order valence-electron chi connectivity index (χ4n) is 3.98. The minimum atomic E-state index is -0.0871. The lowest BCUT2D eigenvalue weighted by Gasteiger charge is -2.27. The maximum absolute atomic E-state index is 9.89. The molecule has 6 heteroatoms. The minimum Gasteiger partial charge on any atom is -0.395 e. The maximum Gasteiger partial charge on any atom is 0.158 e. The largest absolute Gasteiger partial charge is 0.395 e. The number of aryl methyl sites for hydroxylation is 1. The molecule has 0 amide bonds. The van der Waals surface area contributed by atoms with Gasteiger partial charge in [-0.05, 0) is 24.8 Å². The molecule has 3 atom stereocenters. The quantitative estimate of drug-likeness (QED) is 0.860. The molecule has 6 nitrogen and oxygen atoms in total. The summed E-state index contributed by atoms with van der Waals surface area (Å²) in [4.78, 5) is 9.60. The Hall–Kier alpha value is -1.50. The molecule has 0 radical (unpaired) electrons. The highest BCUT2D eigenvalue weighted by Crippen LogP contribution is 2.29. The molecule has 1 aliphatic rings. The molecule has 0 aromatic carbocycles. The number of fused-ring (bicyclic) bond motifs is 1. The zero-order valence-corrected chi connectivity index (χ0v) is 17.5. The van der Waals surface area contributed by atoms with Crippen molar-refractivity contribution in [1.29, 1.82) is 0 Å². The summed E-state index contributed by atoms with van der Waals surface area (Å²) in [6.07, 6.45) is 3.65. The van der Waals surface area contributed by atoms with Gasteiger partial charge in [0.25, 0.3) is 0 Å². The van der Waals surface area contributed by atoms with E-state index in [1.807, 2.05) is 6.20 Å². The monoisotopic (exact) mass is 374 g/mol. The molecule has 0 unspecified atom stereocenters. The van der Waals surface area contributed by atoms with Gasteiger partial charge in [-0.2, -0.15) is 0 Å². The molecule has 3 heterocycles. The lowest BCUT2D eigenvalue weighted by atomic mass is 9.92. The molecule has 150 valence electrons. The van der Waals surface area contributed by atoms with E-state index < -0.39 is 0 Å². The summed E-state index contributed by atoms with van der Waals surface area (Å²) in [5.41, 5.74) is 4.00. The van der Waals surface area contributed by atoms with E-state index >= 15 is 0 Å². The number of hydrogen-bond acceptors (Lipinski definition) is 5. The third-order valence-corrected chi connectivity index (χ3v) is 5.38. The predicted molar refractivity (Wildman–Crippen MR) is 108 cm³/mol. The van der Waals surface area contributed by atoms with Gasteiger partial charge in [-0.25, -0.2) is 4.98 Å². The first-order valence-electron chi connectivity index (χ1n) is 10.0. The first-order valence-corrected chi connectivity index (χ1v) is 10.0. The number of nitrogens with one attached hydrogen (secondary N) is 1. The van der Waals surface area contributed by atoms with E-state index in [2.05, 4.69) is 62.6 Å². The Labute approximate surface area is 162 Å². The Balaban J connectivity index is 1.89. The Kier molecular flexibility index (Phi) is 5.89. The van der Waals surface area contributed by atoms with Crippen LogP contribution >= 0.6 is 0 Å². The first-order chi connectivity index (χ1) is 12.7. The lowest BCUT2D eigenvalue weighted by molar-refractivity contribution is 0.0146. The van der Waals surface area contributed by atoms with Crippen molar-refractivity contribution in [3.05, 3.63) is 23.7 Å². The number of rotatable bonds is 4. The first kappa shape index (κ1) is 20.2. The molecule has 1 aliphatic heterocycles. The van der Waals surface area contributed by atoms with Crippen LogP contribution in [0.3, 0.4) is 0 Å². The summed E-state index contributed by atoms with van der Waals surface area (Å²) in [5, 5.41) is 13.5. The van der Waals surface area contributed by atoms with Crippen LogP contribution in [0.25, 0.3) is 11.2 Å². The zero-order chi connectivity index (χ0) is 19.8. The molecule has 2 aromatic rings. The van der Waals surface area contributed by atoms with Crippen molar-refractivity contribution in [2.75, 3.05) is 13.2 Å². The van der Waals surface area contributed by atoms with Crippen molar-refractivity contribution in [2.24, 2.45) is 13.0 Å². The molecule has 0 saturated carbocycles. The molecule has 1 fully saturated rings. The van der Waals surface area contributed by atoms with Crippen LogP contribution in [-0.2, 0) is 17.2 Å². The van der Waals surface area contributed by atoms with E-state index in [0.717, 1.165) is 29.7 Å². The number of hydrogen-bond donors (Lipinski definition) is 2. The van der Waals surface area contributed by atoms with E-state index in [1.165, 1.54) is 5.69 Å². The van der Waals surface area contributed by atoms with Crippen LogP contribution in [0.15, 0.2) is 12.3 Å². The summed E-state index contributed by atoms with van der Waals surface area (Å²) in [7, 11) is 2.06. The molecular formula is C21H34N4O2. The maximum atomic E-state index is 9.89. The second kappa shape index (κ2) is 7.86. The Morgan fingerprint density at radius 1 is 1.37 bits per heavy atom. The fourth-order valence-corrected chi connectivity index (χ4v) is 3.98. The molecule has 2 aromatic heterocycles. The average molecular weight is 375 g/mol. The highest BCUT2D eigenvalue weighted by Gasteiger charge is 2.30. The number of aliphatic hydroxyl groups excluding tert-OH is 1. The lowest BCUT2D eigenvalue weighted by Crippen LogP contribution is -2.44. The van der Waals surface area contributed by atoms with Gasteiger partial charge >= 0.3 is 0 Å². The van der Waals surface area contributed by atoms with Crippen LogP contribution in [0, 0.1) is 5.92 Å². The third-order valence-electron chi connectivity index (χ3n) is 5.38.